The highest BCUT2D eigenvalue weighted by molar-refractivity contribution is 5.41. The molecule has 0 atom stereocenters. The minimum absolute atomic E-state index is 0.267. The van der Waals surface area contributed by atoms with Gasteiger partial charge >= 0.3 is 0 Å². The number of rotatable bonds is 1. The summed E-state index contributed by atoms with van der Waals surface area (Å²) in [4.78, 5) is 4.25. The van der Waals surface area contributed by atoms with Gasteiger partial charge in [-0.2, -0.15) is 0 Å². The summed E-state index contributed by atoms with van der Waals surface area (Å²) in [6, 6.07) is 10.1. The smallest absolute Gasteiger partial charge is 0.124 e. The molecule has 2 aromatic rings. The van der Waals surface area contributed by atoms with Crippen molar-refractivity contribution in [3.8, 4) is 11.8 Å². The third-order valence-corrected chi connectivity index (χ3v) is 2.36. The van der Waals surface area contributed by atoms with E-state index >= 15 is 0 Å². The predicted octanol–water partition coefficient (Wildman–Crippen LogP) is 4.21. The first-order valence-corrected chi connectivity index (χ1v) is 6.50. The zero-order valence-electron chi connectivity index (χ0n) is 11.6. The number of hydrogen-bond acceptors (Lipinski definition) is 1. The van der Waals surface area contributed by atoms with Crippen molar-refractivity contribution < 1.29 is 4.39 Å². The van der Waals surface area contributed by atoms with Gasteiger partial charge in [-0.3, -0.25) is 4.98 Å². The van der Waals surface area contributed by atoms with Gasteiger partial charge in [0, 0.05) is 23.0 Å². The fraction of sp³-hybridized carbons (Fsp3) is 0.235. The van der Waals surface area contributed by atoms with Crippen LogP contribution in [-0.2, 0) is 6.42 Å². The van der Waals surface area contributed by atoms with E-state index in [1.54, 1.807) is 18.3 Å². The normalized spacial score (nSPS) is 8.84. The summed E-state index contributed by atoms with van der Waals surface area (Å²) in [6.45, 7) is 6.06. The van der Waals surface area contributed by atoms with Crippen LogP contribution in [0.3, 0.4) is 0 Å². The van der Waals surface area contributed by atoms with E-state index in [0.29, 0.717) is 5.56 Å². The molecule has 2 heteroatoms. The van der Waals surface area contributed by atoms with E-state index < -0.39 is 0 Å². The minimum atomic E-state index is -0.267. The van der Waals surface area contributed by atoms with Gasteiger partial charge in [-0.05, 0) is 36.8 Å². The molecule has 0 aliphatic heterocycles. The third kappa shape index (κ3) is 4.93. The van der Waals surface area contributed by atoms with Crippen LogP contribution >= 0.6 is 0 Å². The van der Waals surface area contributed by atoms with E-state index in [-0.39, 0.29) is 5.82 Å². The van der Waals surface area contributed by atoms with Crippen LogP contribution in [0.25, 0.3) is 0 Å². The number of nitrogens with zero attached hydrogens (tertiary/aromatic N) is 1. The van der Waals surface area contributed by atoms with Crippen molar-refractivity contribution in [2.24, 2.45) is 0 Å². The number of aromatic nitrogens is 1. The molecule has 0 fully saturated rings. The average molecular weight is 255 g/mol. The summed E-state index contributed by atoms with van der Waals surface area (Å²) < 4.78 is 12.9. The van der Waals surface area contributed by atoms with Crippen molar-refractivity contribution in [3.63, 3.8) is 0 Å². The first-order valence-electron chi connectivity index (χ1n) is 6.50. The maximum Gasteiger partial charge on any atom is 0.124 e. The van der Waals surface area contributed by atoms with Gasteiger partial charge in [-0.15, -0.1) is 0 Å². The van der Waals surface area contributed by atoms with Crippen molar-refractivity contribution in [2.75, 3.05) is 0 Å². The van der Waals surface area contributed by atoms with Crippen LogP contribution in [0.15, 0.2) is 42.6 Å². The largest absolute Gasteiger partial charge is 0.260 e. The van der Waals surface area contributed by atoms with Crippen LogP contribution in [0.2, 0.25) is 0 Å². The Morgan fingerprint density at radius 1 is 1.05 bits per heavy atom. The number of halogens is 1. The van der Waals surface area contributed by atoms with Gasteiger partial charge in [0.2, 0.25) is 0 Å². The molecule has 0 saturated heterocycles. The molecule has 98 valence electrons. The molecule has 2 rings (SSSR count). The lowest BCUT2D eigenvalue weighted by molar-refractivity contribution is 0.627. The van der Waals surface area contributed by atoms with Crippen LogP contribution in [-0.4, -0.2) is 4.98 Å². The molecule has 1 aromatic carbocycles. The molecular formula is C17H18FN. The van der Waals surface area contributed by atoms with Crippen LogP contribution in [0.5, 0.6) is 0 Å². The van der Waals surface area contributed by atoms with Crippen molar-refractivity contribution in [1.29, 1.82) is 0 Å². The zero-order valence-corrected chi connectivity index (χ0v) is 11.6. The molecule has 0 N–H and O–H groups in total. The van der Waals surface area contributed by atoms with Crippen LogP contribution in [0, 0.1) is 17.7 Å². The summed E-state index contributed by atoms with van der Waals surface area (Å²) in [6.07, 6.45) is 2.66. The molecule has 0 saturated carbocycles. The Labute approximate surface area is 114 Å². The summed E-state index contributed by atoms with van der Waals surface area (Å²) in [5.74, 6) is 5.60. The van der Waals surface area contributed by atoms with E-state index in [2.05, 4.69) is 23.7 Å². The Morgan fingerprint density at radius 3 is 2.37 bits per heavy atom. The zero-order chi connectivity index (χ0) is 14.1. The first-order chi connectivity index (χ1) is 9.28. The molecule has 1 aromatic heterocycles. The minimum Gasteiger partial charge on any atom is -0.260 e. The van der Waals surface area contributed by atoms with Crippen molar-refractivity contribution in [1.82, 2.24) is 4.98 Å². The summed E-state index contributed by atoms with van der Waals surface area (Å²) >= 11 is 0. The Balaban J connectivity index is 0.000000861. The fourth-order valence-corrected chi connectivity index (χ4v) is 1.42. The average Bonchev–Trinajstić information content (AvgIpc) is 2.48. The molecular weight excluding hydrogens is 237 g/mol. The van der Waals surface area contributed by atoms with Gasteiger partial charge in [-0.1, -0.05) is 38.7 Å². The Kier molecular flexibility index (Phi) is 6.32. The lowest BCUT2D eigenvalue weighted by atomic mass is 10.2. The van der Waals surface area contributed by atoms with Gasteiger partial charge < -0.3 is 0 Å². The highest BCUT2D eigenvalue weighted by Crippen LogP contribution is 2.03. The molecule has 0 radical (unpaired) electrons. The number of hydrogen-bond donors (Lipinski definition) is 0. The fourth-order valence-electron chi connectivity index (χ4n) is 1.42. The van der Waals surface area contributed by atoms with Crippen LogP contribution in [0.1, 0.15) is 37.6 Å². The maximum absolute atomic E-state index is 12.9. The lowest BCUT2D eigenvalue weighted by Gasteiger charge is -1.94. The number of pyridine rings is 1. The summed E-state index contributed by atoms with van der Waals surface area (Å²) in [7, 11) is 0. The van der Waals surface area contributed by atoms with Crippen molar-refractivity contribution >= 4 is 0 Å². The number of benzene rings is 1. The highest BCUT2D eigenvalue weighted by Gasteiger charge is 1.92. The van der Waals surface area contributed by atoms with Gasteiger partial charge in [0.25, 0.3) is 0 Å². The number of aryl methyl sites for hydroxylation is 1. The molecule has 0 amide bonds. The van der Waals surface area contributed by atoms with E-state index in [0.717, 1.165) is 17.7 Å². The van der Waals surface area contributed by atoms with E-state index in [9.17, 15) is 4.39 Å². The van der Waals surface area contributed by atoms with Crippen molar-refractivity contribution in [2.45, 2.75) is 27.2 Å². The lowest BCUT2D eigenvalue weighted by Crippen LogP contribution is -1.86. The molecule has 1 nitrogen and oxygen atoms in total. The molecule has 0 aliphatic carbocycles. The molecule has 0 bridgehead atoms. The summed E-state index contributed by atoms with van der Waals surface area (Å²) in [5, 5.41) is 0. The van der Waals surface area contributed by atoms with Gasteiger partial charge in [0.15, 0.2) is 0 Å². The van der Waals surface area contributed by atoms with Gasteiger partial charge in [-0.25, -0.2) is 4.39 Å². The quantitative estimate of drug-likeness (QED) is 0.696. The maximum atomic E-state index is 12.9. The topological polar surface area (TPSA) is 12.9 Å². The molecule has 19 heavy (non-hydrogen) atoms. The van der Waals surface area contributed by atoms with Crippen LogP contribution in [0.4, 0.5) is 4.39 Å². The Morgan fingerprint density at radius 2 is 1.79 bits per heavy atom. The van der Waals surface area contributed by atoms with Gasteiger partial charge in [0.05, 0.1) is 0 Å². The predicted molar refractivity (Wildman–Crippen MR) is 77.3 cm³/mol. The van der Waals surface area contributed by atoms with E-state index in [1.807, 2.05) is 26.0 Å². The molecule has 0 aliphatic rings. The summed E-state index contributed by atoms with van der Waals surface area (Å²) in [5.41, 5.74) is 2.55. The van der Waals surface area contributed by atoms with Gasteiger partial charge in [0.1, 0.15) is 5.82 Å². The SMILES string of the molecule is CC.CCc1ccc(C#Cc2cccc(F)c2)cn1. The Hall–Kier alpha value is -2.14. The Bertz CT molecular complexity index is 562. The monoisotopic (exact) mass is 255 g/mol. The second-order valence-corrected chi connectivity index (χ2v) is 3.65. The standard InChI is InChI=1S/C15H12FN.C2H6/c1-2-15-9-8-13(11-17-15)7-6-12-4-3-5-14(16)10-12;1-2/h3-5,8-11H,2H2,1H3;1-2H3. The van der Waals surface area contributed by atoms with E-state index in [4.69, 9.17) is 0 Å². The first kappa shape index (κ1) is 14.9. The van der Waals surface area contributed by atoms with Crippen molar-refractivity contribution in [3.05, 3.63) is 65.2 Å². The third-order valence-electron chi connectivity index (χ3n) is 2.36. The second kappa shape index (κ2) is 8.05. The second-order valence-electron chi connectivity index (χ2n) is 3.65. The highest BCUT2D eigenvalue weighted by atomic mass is 19.1. The van der Waals surface area contributed by atoms with Crippen LogP contribution < -0.4 is 0 Å². The molecule has 1 heterocycles. The molecule has 0 unspecified atom stereocenters. The molecule has 0 spiro atoms. The van der Waals surface area contributed by atoms with E-state index in [1.165, 1.54) is 12.1 Å².